The Kier molecular flexibility index (Phi) is 7.89. The number of amides is 2. The van der Waals surface area contributed by atoms with E-state index in [1.165, 1.54) is 4.90 Å². The van der Waals surface area contributed by atoms with Gasteiger partial charge in [0.25, 0.3) is 11.8 Å². The van der Waals surface area contributed by atoms with E-state index >= 15 is 0 Å². The Morgan fingerprint density at radius 2 is 1.68 bits per heavy atom. The molecule has 0 radical (unpaired) electrons. The number of esters is 1. The Bertz CT molecular complexity index is 1130. The first-order chi connectivity index (χ1) is 16.2. The molecule has 1 N–H and O–H groups in total. The number of rotatable bonds is 8. The molecular formula is C27H30N2O5. The summed E-state index contributed by atoms with van der Waals surface area (Å²) in [7, 11) is 0. The molecule has 1 heterocycles. The van der Waals surface area contributed by atoms with Crippen molar-refractivity contribution in [1.29, 1.82) is 0 Å². The van der Waals surface area contributed by atoms with Gasteiger partial charge in [-0.2, -0.15) is 0 Å². The largest absolute Gasteiger partial charge is 0.484 e. The van der Waals surface area contributed by atoms with Gasteiger partial charge in [-0.1, -0.05) is 29.8 Å². The van der Waals surface area contributed by atoms with Gasteiger partial charge in [-0.25, -0.2) is 4.79 Å². The maximum absolute atomic E-state index is 13.4. The van der Waals surface area contributed by atoms with Gasteiger partial charge in [0.2, 0.25) is 0 Å². The number of aryl methyl sites for hydroxylation is 1. The molecule has 0 fully saturated rings. The van der Waals surface area contributed by atoms with E-state index in [1.54, 1.807) is 44.2 Å². The normalized spacial score (nSPS) is 14.7. The molecule has 7 nitrogen and oxygen atoms in total. The fourth-order valence-electron chi connectivity index (χ4n) is 3.63. The lowest BCUT2D eigenvalue weighted by Crippen LogP contribution is -2.34. The van der Waals surface area contributed by atoms with E-state index in [9.17, 15) is 14.4 Å². The summed E-state index contributed by atoms with van der Waals surface area (Å²) in [6, 6.07) is 14.5. The van der Waals surface area contributed by atoms with Gasteiger partial charge in [-0.05, 0) is 70.5 Å². The summed E-state index contributed by atoms with van der Waals surface area (Å²) < 4.78 is 10.8. The first-order valence-electron chi connectivity index (χ1n) is 11.2. The number of anilines is 1. The van der Waals surface area contributed by atoms with Crippen LogP contribution in [0.15, 0.2) is 65.4 Å². The van der Waals surface area contributed by atoms with Gasteiger partial charge in [0.1, 0.15) is 5.75 Å². The number of ether oxygens (including phenoxy) is 2. The Labute approximate surface area is 200 Å². The first kappa shape index (κ1) is 24.8. The highest BCUT2D eigenvalue weighted by Crippen LogP contribution is 2.35. The highest BCUT2D eigenvalue weighted by atomic mass is 16.5. The molecule has 0 saturated carbocycles. The van der Waals surface area contributed by atoms with Crippen molar-refractivity contribution in [3.8, 4) is 5.75 Å². The molecule has 0 saturated heterocycles. The molecule has 0 spiro atoms. The predicted octanol–water partition coefficient (Wildman–Crippen LogP) is 4.17. The van der Waals surface area contributed by atoms with Gasteiger partial charge in [-0.15, -0.1) is 0 Å². The van der Waals surface area contributed by atoms with Crippen LogP contribution in [0.4, 0.5) is 5.69 Å². The summed E-state index contributed by atoms with van der Waals surface area (Å²) in [5, 5.41) is 2.76. The predicted molar refractivity (Wildman–Crippen MR) is 131 cm³/mol. The van der Waals surface area contributed by atoms with Gasteiger partial charge in [0.15, 0.2) is 6.61 Å². The SMILES string of the molecule is CCOC(=O)C1=C(C)N(c2ccc(C)cc2)C(=O)/C1=C\c1ccc(OCC(=O)NC(C)C)cc1. The van der Waals surface area contributed by atoms with E-state index in [0.717, 1.165) is 5.56 Å². The summed E-state index contributed by atoms with van der Waals surface area (Å²) in [5.41, 5.74) is 3.50. The number of benzene rings is 2. The van der Waals surface area contributed by atoms with Crippen LogP contribution in [0.3, 0.4) is 0 Å². The average molecular weight is 463 g/mol. The zero-order valence-electron chi connectivity index (χ0n) is 20.2. The molecule has 178 valence electrons. The highest BCUT2D eigenvalue weighted by Gasteiger charge is 2.38. The fraction of sp³-hybridized carbons (Fsp3) is 0.296. The van der Waals surface area contributed by atoms with E-state index in [1.807, 2.05) is 45.0 Å². The topological polar surface area (TPSA) is 84.9 Å². The van der Waals surface area contributed by atoms with Crippen LogP contribution in [0.1, 0.15) is 38.8 Å². The molecule has 3 rings (SSSR count). The lowest BCUT2D eigenvalue weighted by atomic mass is 10.0. The van der Waals surface area contributed by atoms with E-state index in [2.05, 4.69) is 5.32 Å². The third-order valence-electron chi connectivity index (χ3n) is 5.18. The van der Waals surface area contributed by atoms with Gasteiger partial charge in [-0.3, -0.25) is 14.5 Å². The molecule has 0 aliphatic carbocycles. The van der Waals surface area contributed by atoms with Crippen molar-refractivity contribution in [2.24, 2.45) is 0 Å². The smallest absolute Gasteiger partial charge is 0.340 e. The number of allylic oxidation sites excluding steroid dienone is 1. The maximum atomic E-state index is 13.4. The number of hydrogen-bond donors (Lipinski definition) is 1. The van der Waals surface area contributed by atoms with Gasteiger partial charge in [0.05, 0.1) is 17.8 Å². The Morgan fingerprint density at radius 1 is 1.03 bits per heavy atom. The van der Waals surface area contributed by atoms with Crippen LogP contribution in [0, 0.1) is 6.92 Å². The summed E-state index contributed by atoms with van der Waals surface area (Å²) >= 11 is 0. The number of nitrogens with zero attached hydrogens (tertiary/aromatic N) is 1. The zero-order chi connectivity index (χ0) is 24.8. The second kappa shape index (κ2) is 10.8. The molecule has 0 atom stereocenters. The summed E-state index contributed by atoms with van der Waals surface area (Å²) in [5.74, 6) is -0.508. The first-order valence-corrected chi connectivity index (χ1v) is 11.2. The van der Waals surface area contributed by atoms with Crippen molar-refractivity contribution in [3.63, 3.8) is 0 Å². The van der Waals surface area contributed by atoms with Crippen molar-refractivity contribution in [2.75, 3.05) is 18.1 Å². The van der Waals surface area contributed by atoms with Crippen LogP contribution in [-0.2, 0) is 19.1 Å². The molecule has 34 heavy (non-hydrogen) atoms. The monoisotopic (exact) mass is 462 g/mol. The minimum Gasteiger partial charge on any atom is -0.484 e. The van der Waals surface area contributed by atoms with E-state index in [4.69, 9.17) is 9.47 Å². The van der Waals surface area contributed by atoms with Crippen molar-refractivity contribution in [1.82, 2.24) is 5.32 Å². The zero-order valence-corrected chi connectivity index (χ0v) is 20.2. The van der Waals surface area contributed by atoms with Crippen LogP contribution < -0.4 is 15.0 Å². The standard InChI is InChI=1S/C27H30N2O5/c1-6-33-27(32)25-19(5)29(21-11-7-18(4)8-12-21)26(31)23(25)15-20-9-13-22(14-10-20)34-16-24(30)28-17(2)3/h7-15,17H,6,16H2,1-5H3,(H,28,30)/b23-15-. The number of carbonyl (C=O) groups excluding carboxylic acids is 3. The van der Waals surface area contributed by atoms with Crippen LogP contribution in [0.5, 0.6) is 5.75 Å². The lowest BCUT2D eigenvalue weighted by Gasteiger charge is -2.18. The molecule has 1 aliphatic rings. The van der Waals surface area contributed by atoms with Crippen molar-refractivity contribution in [2.45, 2.75) is 40.7 Å². The summed E-state index contributed by atoms with van der Waals surface area (Å²) in [6.07, 6.45) is 1.67. The van der Waals surface area contributed by atoms with Gasteiger partial charge < -0.3 is 14.8 Å². The highest BCUT2D eigenvalue weighted by molar-refractivity contribution is 6.23. The maximum Gasteiger partial charge on any atom is 0.340 e. The Balaban J connectivity index is 1.88. The minimum atomic E-state index is -0.537. The quantitative estimate of drug-likeness (QED) is 0.470. The Hall–Kier alpha value is -3.87. The Morgan fingerprint density at radius 3 is 2.26 bits per heavy atom. The molecule has 2 amide bonds. The molecule has 1 aliphatic heterocycles. The second-order valence-corrected chi connectivity index (χ2v) is 8.29. The molecule has 0 unspecified atom stereocenters. The van der Waals surface area contributed by atoms with E-state index in [0.29, 0.717) is 22.7 Å². The number of nitrogens with one attached hydrogen (secondary N) is 1. The number of hydrogen-bond acceptors (Lipinski definition) is 5. The fourth-order valence-corrected chi connectivity index (χ4v) is 3.63. The average Bonchev–Trinajstić information content (AvgIpc) is 3.03. The molecule has 2 aromatic rings. The third kappa shape index (κ3) is 5.73. The van der Waals surface area contributed by atoms with E-state index < -0.39 is 5.97 Å². The van der Waals surface area contributed by atoms with Gasteiger partial charge in [0, 0.05) is 17.4 Å². The number of carbonyl (C=O) groups is 3. The molecule has 0 aromatic heterocycles. The van der Waals surface area contributed by atoms with Crippen molar-refractivity contribution >= 4 is 29.5 Å². The molecule has 2 aromatic carbocycles. The lowest BCUT2D eigenvalue weighted by molar-refractivity contribution is -0.138. The third-order valence-corrected chi connectivity index (χ3v) is 5.18. The molecular weight excluding hydrogens is 432 g/mol. The van der Waals surface area contributed by atoms with Gasteiger partial charge >= 0.3 is 5.97 Å². The summed E-state index contributed by atoms with van der Waals surface area (Å²) in [4.78, 5) is 39.5. The van der Waals surface area contributed by atoms with E-state index in [-0.39, 0.29) is 42.2 Å². The van der Waals surface area contributed by atoms with Crippen molar-refractivity contribution < 1.29 is 23.9 Å². The van der Waals surface area contributed by atoms with Crippen LogP contribution >= 0.6 is 0 Å². The van der Waals surface area contributed by atoms with Crippen LogP contribution in [0.25, 0.3) is 6.08 Å². The van der Waals surface area contributed by atoms with Crippen LogP contribution in [0.2, 0.25) is 0 Å². The van der Waals surface area contributed by atoms with Crippen LogP contribution in [-0.4, -0.2) is 37.0 Å². The second-order valence-electron chi connectivity index (χ2n) is 8.29. The summed E-state index contributed by atoms with van der Waals surface area (Å²) in [6.45, 7) is 9.32. The molecule has 7 heteroatoms. The minimum absolute atomic E-state index is 0.0404. The molecule has 0 bridgehead atoms. The van der Waals surface area contributed by atoms with Crippen molar-refractivity contribution in [3.05, 3.63) is 76.5 Å².